The SMILES string of the molecule is Cc1cc(C(N)=S)nc(N2CCCC3CCCC32)n1. The second-order valence-electron chi connectivity index (χ2n) is 5.65. The molecule has 1 aromatic rings. The molecule has 2 unspecified atom stereocenters. The number of thiocarbonyl (C=S) groups is 1. The molecule has 5 heteroatoms. The van der Waals surface area contributed by atoms with Gasteiger partial charge in [0.15, 0.2) is 0 Å². The highest BCUT2D eigenvalue weighted by Crippen LogP contribution is 2.38. The van der Waals surface area contributed by atoms with E-state index in [4.69, 9.17) is 18.0 Å². The summed E-state index contributed by atoms with van der Waals surface area (Å²) in [5.74, 6) is 1.64. The van der Waals surface area contributed by atoms with E-state index in [0.29, 0.717) is 16.7 Å². The molecule has 2 heterocycles. The standard InChI is InChI=1S/C14H20N4S/c1-9-8-11(13(15)19)17-14(16-9)18-7-3-5-10-4-2-6-12(10)18/h8,10,12H,2-7H2,1H3,(H2,15,19). The fourth-order valence-corrected chi connectivity index (χ4v) is 3.61. The highest BCUT2D eigenvalue weighted by Gasteiger charge is 2.36. The lowest BCUT2D eigenvalue weighted by Gasteiger charge is -2.38. The van der Waals surface area contributed by atoms with Crippen molar-refractivity contribution in [2.45, 2.75) is 45.1 Å². The Bertz CT molecular complexity index is 502. The lowest BCUT2D eigenvalue weighted by molar-refractivity contribution is 0.358. The van der Waals surface area contributed by atoms with Crippen LogP contribution in [0.15, 0.2) is 6.07 Å². The molecule has 0 bridgehead atoms. The second-order valence-corrected chi connectivity index (χ2v) is 6.09. The van der Waals surface area contributed by atoms with E-state index < -0.39 is 0 Å². The van der Waals surface area contributed by atoms with Crippen LogP contribution in [0, 0.1) is 12.8 Å². The minimum Gasteiger partial charge on any atom is -0.388 e. The van der Waals surface area contributed by atoms with Crippen molar-refractivity contribution >= 4 is 23.2 Å². The molecule has 2 fully saturated rings. The maximum absolute atomic E-state index is 5.71. The number of rotatable bonds is 2. The Kier molecular flexibility index (Phi) is 3.39. The maximum Gasteiger partial charge on any atom is 0.226 e. The van der Waals surface area contributed by atoms with Gasteiger partial charge >= 0.3 is 0 Å². The summed E-state index contributed by atoms with van der Waals surface area (Å²) >= 11 is 5.05. The number of hydrogen-bond donors (Lipinski definition) is 1. The van der Waals surface area contributed by atoms with E-state index >= 15 is 0 Å². The number of nitrogens with zero attached hydrogens (tertiary/aromatic N) is 3. The van der Waals surface area contributed by atoms with E-state index in [0.717, 1.165) is 24.1 Å². The predicted octanol–water partition coefficient (Wildman–Crippen LogP) is 2.19. The molecule has 0 spiro atoms. The zero-order chi connectivity index (χ0) is 13.4. The van der Waals surface area contributed by atoms with Crippen LogP contribution < -0.4 is 10.6 Å². The molecule has 3 rings (SSSR count). The summed E-state index contributed by atoms with van der Waals surface area (Å²) in [7, 11) is 0. The minimum atomic E-state index is 0.353. The van der Waals surface area contributed by atoms with E-state index in [2.05, 4.69) is 14.9 Å². The van der Waals surface area contributed by atoms with Crippen LogP contribution in [-0.2, 0) is 0 Å². The van der Waals surface area contributed by atoms with Crippen molar-refractivity contribution in [1.29, 1.82) is 0 Å². The molecular formula is C14H20N4S. The molecule has 1 aliphatic heterocycles. The molecule has 2 N–H and O–H groups in total. The number of nitrogens with two attached hydrogens (primary N) is 1. The van der Waals surface area contributed by atoms with E-state index in [-0.39, 0.29) is 0 Å². The molecule has 19 heavy (non-hydrogen) atoms. The van der Waals surface area contributed by atoms with Gasteiger partial charge in [0.1, 0.15) is 10.7 Å². The Morgan fingerprint density at radius 1 is 1.32 bits per heavy atom. The Balaban J connectivity index is 1.94. The van der Waals surface area contributed by atoms with Gasteiger partial charge in [0.25, 0.3) is 0 Å². The Hall–Kier alpha value is -1.23. The highest BCUT2D eigenvalue weighted by atomic mass is 32.1. The molecule has 2 aliphatic rings. The summed E-state index contributed by atoms with van der Waals surface area (Å²) in [4.78, 5) is 11.9. The number of fused-ring (bicyclic) bond motifs is 1. The molecule has 1 saturated heterocycles. The van der Waals surface area contributed by atoms with Gasteiger partial charge in [-0.25, -0.2) is 9.97 Å². The lowest BCUT2D eigenvalue weighted by Crippen LogP contribution is -2.43. The van der Waals surface area contributed by atoms with Crippen LogP contribution in [0.5, 0.6) is 0 Å². The summed E-state index contributed by atoms with van der Waals surface area (Å²) < 4.78 is 0. The molecule has 0 aromatic carbocycles. The number of anilines is 1. The number of aromatic nitrogens is 2. The van der Waals surface area contributed by atoms with Crippen molar-refractivity contribution in [2.75, 3.05) is 11.4 Å². The van der Waals surface area contributed by atoms with Crippen molar-refractivity contribution in [1.82, 2.24) is 9.97 Å². The topological polar surface area (TPSA) is 55.0 Å². The molecule has 0 amide bonds. The summed E-state index contributed by atoms with van der Waals surface area (Å²) in [6, 6.07) is 2.48. The van der Waals surface area contributed by atoms with Crippen LogP contribution in [0.25, 0.3) is 0 Å². The van der Waals surface area contributed by atoms with Gasteiger partial charge in [-0.1, -0.05) is 18.6 Å². The summed E-state index contributed by atoms with van der Waals surface area (Å²) in [6.45, 7) is 3.03. The number of hydrogen-bond acceptors (Lipinski definition) is 4. The van der Waals surface area contributed by atoms with Crippen LogP contribution in [0.3, 0.4) is 0 Å². The monoisotopic (exact) mass is 276 g/mol. The summed E-state index contributed by atoms with van der Waals surface area (Å²) in [5, 5.41) is 0. The van der Waals surface area contributed by atoms with E-state index in [1.807, 2.05) is 13.0 Å². The molecular weight excluding hydrogens is 256 g/mol. The van der Waals surface area contributed by atoms with Crippen LogP contribution in [0.1, 0.15) is 43.5 Å². The van der Waals surface area contributed by atoms with Gasteiger partial charge in [0.2, 0.25) is 5.95 Å². The molecule has 2 atom stereocenters. The van der Waals surface area contributed by atoms with Crippen LogP contribution in [-0.4, -0.2) is 27.5 Å². The Labute approximate surface area is 119 Å². The molecule has 0 radical (unpaired) electrons. The predicted molar refractivity (Wildman–Crippen MR) is 80.4 cm³/mol. The number of aryl methyl sites for hydroxylation is 1. The largest absolute Gasteiger partial charge is 0.388 e. The van der Waals surface area contributed by atoms with Gasteiger partial charge in [-0.05, 0) is 44.6 Å². The third kappa shape index (κ3) is 2.43. The smallest absolute Gasteiger partial charge is 0.226 e. The van der Waals surface area contributed by atoms with Gasteiger partial charge in [-0.3, -0.25) is 0 Å². The molecule has 1 aromatic heterocycles. The average Bonchev–Trinajstić information content (AvgIpc) is 2.85. The average molecular weight is 276 g/mol. The lowest BCUT2D eigenvalue weighted by atomic mass is 9.92. The third-order valence-corrected chi connectivity index (χ3v) is 4.55. The minimum absolute atomic E-state index is 0.353. The summed E-state index contributed by atoms with van der Waals surface area (Å²) in [6.07, 6.45) is 6.55. The Morgan fingerprint density at radius 3 is 2.89 bits per heavy atom. The second kappa shape index (κ2) is 5.04. The fraction of sp³-hybridized carbons (Fsp3) is 0.643. The van der Waals surface area contributed by atoms with Crippen molar-refractivity contribution in [3.8, 4) is 0 Å². The first-order valence-electron chi connectivity index (χ1n) is 7.07. The van der Waals surface area contributed by atoms with Crippen LogP contribution in [0.2, 0.25) is 0 Å². The van der Waals surface area contributed by atoms with Crippen molar-refractivity contribution in [3.63, 3.8) is 0 Å². The first-order chi connectivity index (χ1) is 9.15. The van der Waals surface area contributed by atoms with Gasteiger partial charge in [-0.15, -0.1) is 0 Å². The first kappa shape index (κ1) is 12.8. The van der Waals surface area contributed by atoms with Crippen LogP contribution in [0.4, 0.5) is 5.95 Å². The van der Waals surface area contributed by atoms with Crippen molar-refractivity contribution in [2.24, 2.45) is 11.7 Å². The fourth-order valence-electron chi connectivity index (χ4n) is 3.51. The highest BCUT2D eigenvalue weighted by molar-refractivity contribution is 7.80. The molecule has 1 saturated carbocycles. The zero-order valence-corrected chi connectivity index (χ0v) is 12.1. The van der Waals surface area contributed by atoms with E-state index in [1.54, 1.807) is 0 Å². The Morgan fingerprint density at radius 2 is 2.11 bits per heavy atom. The van der Waals surface area contributed by atoms with E-state index in [9.17, 15) is 0 Å². The van der Waals surface area contributed by atoms with Gasteiger partial charge in [0.05, 0.1) is 0 Å². The van der Waals surface area contributed by atoms with Crippen LogP contribution >= 0.6 is 12.2 Å². The van der Waals surface area contributed by atoms with Gasteiger partial charge < -0.3 is 10.6 Å². The normalized spacial score (nSPS) is 26.3. The molecule has 1 aliphatic carbocycles. The quantitative estimate of drug-likeness (QED) is 0.839. The van der Waals surface area contributed by atoms with Crippen molar-refractivity contribution in [3.05, 3.63) is 17.5 Å². The zero-order valence-electron chi connectivity index (χ0n) is 11.3. The van der Waals surface area contributed by atoms with Crippen molar-refractivity contribution < 1.29 is 0 Å². The van der Waals surface area contributed by atoms with Gasteiger partial charge in [0, 0.05) is 18.3 Å². The number of piperidine rings is 1. The molecule has 102 valence electrons. The third-order valence-electron chi connectivity index (χ3n) is 4.34. The first-order valence-corrected chi connectivity index (χ1v) is 7.48. The summed E-state index contributed by atoms with van der Waals surface area (Å²) in [5.41, 5.74) is 7.34. The van der Waals surface area contributed by atoms with E-state index in [1.165, 1.54) is 32.1 Å². The molecule has 4 nitrogen and oxygen atoms in total. The maximum atomic E-state index is 5.71. The van der Waals surface area contributed by atoms with Gasteiger partial charge in [-0.2, -0.15) is 0 Å².